The van der Waals surface area contributed by atoms with Gasteiger partial charge in [-0.2, -0.15) is 5.26 Å². The average molecular weight is 271 g/mol. The molecule has 2 N–H and O–H groups in total. The van der Waals surface area contributed by atoms with Gasteiger partial charge in [0.25, 0.3) is 5.56 Å². The number of nitriles is 1. The van der Waals surface area contributed by atoms with Crippen LogP contribution < -0.4 is 5.56 Å². The number of hydrogen-bond acceptors (Lipinski definition) is 5. The summed E-state index contributed by atoms with van der Waals surface area (Å²) in [5, 5.41) is 29.3. The van der Waals surface area contributed by atoms with Gasteiger partial charge in [0, 0.05) is 17.3 Å². The van der Waals surface area contributed by atoms with Crippen molar-refractivity contribution >= 4 is 5.69 Å². The van der Waals surface area contributed by atoms with Gasteiger partial charge in [0.05, 0.1) is 4.92 Å². The lowest BCUT2D eigenvalue weighted by Crippen LogP contribution is -2.12. The molecular formula is C13H9N3O4. The van der Waals surface area contributed by atoms with E-state index in [0.717, 1.165) is 12.1 Å². The number of nitrogens with one attached hydrogen (secondary N) is 1. The van der Waals surface area contributed by atoms with Gasteiger partial charge in [-0.05, 0) is 24.6 Å². The van der Waals surface area contributed by atoms with E-state index in [4.69, 9.17) is 5.26 Å². The van der Waals surface area contributed by atoms with Crippen molar-refractivity contribution in [3.8, 4) is 22.9 Å². The number of hydrogen-bond donors (Lipinski definition) is 2. The van der Waals surface area contributed by atoms with Crippen LogP contribution in [0, 0.1) is 28.4 Å². The zero-order valence-electron chi connectivity index (χ0n) is 10.4. The molecule has 0 bridgehead atoms. The Morgan fingerprint density at radius 3 is 2.70 bits per heavy atom. The number of nitrogens with zero attached hydrogens (tertiary/aromatic N) is 2. The first kappa shape index (κ1) is 13.3. The summed E-state index contributed by atoms with van der Waals surface area (Å²) < 4.78 is 0. The molecule has 0 aliphatic rings. The highest BCUT2D eigenvalue weighted by Gasteiger charge is 2.17. The van der Waals surface area contributed by atoms with Crippen LogP contribution in [0.3, 0.4) is 0 Å². The van der Waals surface area contributed by atoms with Crippen LogP contribution in [0.2, 0.25) is 0 Å². The summed E-state index contributed by atoms with van der Waals surface area (Å²) in [6.45, 7) is 1.64. The molecule has 1 aromatic heterocycles. The van der Waals surface area contributed by atoms with Crippen molar-refractivity contribution in [2.45, 2.75) is 6.92 Å². The lowest BCUT2D eigenvalue weighted by Gasteiger charge is -2.06. The van der Waals surface area contributed by atoms with Gasteiger partial charge in [-0.25, -0.2) is 0 Å². The molecule has 7 nitrogen and oxygen atoms in total. The fourth-order valence-electron chi connectivity index (χ4n) is 1.86. The SMILES string of the molecule is Cc1cc(-c2ccc(O)c([N+](=O)[O-])c2)c(C#N)c(=O)[nH]1. The highest BCUT2D eigenvalue weighted by atomic mass is 16.6. The van der Waals surface area contributed by atoms with E-state index in [9.17, 15) is 20.0 Å². The number of pyridine rings is 1. The number of phenolic OH excluding ortho intramolecular Hbond substituents is 1. The normalized spacial score (nSPS) is 10.0. The van der Waals surface area contributed by atoms with E-state index in [2.05, 4.69) is 4.98 Å². The maximum absolute atomic E-state index is 11.7. The molecule has 0 aliphatic heterocycles. The number of H-pyrrole nitrogens is 1. The Balaban J connectivity index is 2.76. The number of nitro groups is 1. The van der Waals surface area contributed by atoms with Crippen LogP contribution in [-0.4, -0.2) is 15.0 Å². The van der Waals surface area contributed by atoms with E-state index in [0.29, 0.717) is 11.3 Å². The first-order chi connectivity index (χ1) is 9.43. The van der Waals surface area contributed by atoms with Crippen molar-refractivity contribution in [1.82, 2.24) is 4.98 Å². The predicted octanol–water partition coefficient (Wildman–Crippen LogP) is 1.84. The van der Waals surface area contributed by atoms with E-state index < -0.39 is 21.9 Å². The third-order valence-electron chi connectivity index (χ3n) is 2.76. The van der Waals surface area contributed by atoms with Gasteiger partial charge in [0.1, 0.15) is 11.6 Å². The number of phenols is 1. The van der Waals surface area contributed by atoms with Gasteiger partial charge in [-0.1, -0.05) is 6.07 Å². The number of aromatic amines is 1. The number of aromatic hydroxyl groups is 1. The second-order valence-corrected chi connectivity index (χ2v) is 4.14. The Labute approximate surface area is 112 Å². The number of benzene rings is 1. The molecule has 7 heteroatoms. The summed E-state index contributed by atoms with van der Waals surface area (Å²) in [5.41, 5.74) is -0.0324. The zero-order valence-corrected chi connectivity index (χ0v) is 10.4. The molecule has 0 amide bonds. The molecule has 1 heterocycles. The predicted molar refractivity (Wildman–Crippen MR) is 70.3 cm³/mol. The maximum atomic E-state index is 11.7. The molecule has 0 fully saturated rings. The molecule has 2 aromatic rings. The molecule has 0 unspecified atom stereocenters. The van der Waals surface area contributed by atoms with Crippen molar-refractivity contribution < 1.29 is 10.0 Å². The third-order valence-corrected chi connectivity index (χ3v) is 2.76. The second kappa shape index (κ2) is 4.85. The first-order valence-corrected chi connectivity index (χ1v) is 5.56. The minimum absolute atomic E-state index is 0.129. The monoisotopic (exact) mass is 271 g/mol. The topological polar surface area (TPSA) is 120 Å². The fourth-order valence-corrected chi connectivity index (χ4v) is 1.86. The van der Waals surface area contributed by atoms with Gasteiger partial charge in [-0.3, -0.25) is 14.9 Å². The molecule has 0 saturated carbocycles. The van der Waals surface area contributed by atoms with Crippen LogP contribution in [0.15, 0.2) is 29.1 Å². The minimum Gasteiger partial charge on any atom is -0.502 e. The molecule has 1 aromatic carbocycles. The average Bonchev–Trinajstić information content (AvgIpc) is 2.38. The van der Waals surface area contributed by atoms with E-state index in [-0.39, 0.29) is 11.1 Å². The van der Waals surface area contributed by atoms with E-state index in [1.54, 1.807) is 19.1 Å². The molecule has 2 rings (SSSR count). The first-order valence-electron chi connectivity index (χ1n) is 5.56. The molecule has 0 aliphatic carbocycles. The van der Waals surface area contributed by atoms with E-state index in [1.807, 2.05) is 0 Å². The Morgan fingerprint density at radius 2 is 2.10 bits per heavy atom. The maximum Gasteiger partial charge on any atom is 0.311 e. The van der Waals surface area contributed by atoms with Gasteiger partial charge >= 0.3 is 5.69 Å². The van der Waals surface area contributed by atoms with Crippen molar-refractivity contribution in [3.05, 3.63) is 56.0 Å². The number of aromatic nitrogens is 1. The van der Waals surface area contributed by atoms with E-state index in [1.165, 1.54) is 6.07 Å². The molecule has 0 spiro atoms. The molecule has 0 radical (unpaired) electrons. The minimum atomic E-state index is -0.731. The number of rotatable bonds is 2. The van der Waals surface area contributed by atoms with Crippen molar-refractivity contribution in [2.24, 2.45) is 0 Å². The standard InChI is InChI=1S/C13H9N3O4/c1-7-4-9(10(6-14)13(18)15-7)8-2-3-12(17)11(5-8)16(19)20/h2-5,17H,1H3,(H,15,18). The molecular weight excluding hydrogens is 262 g/mol. The summed E-state index contributed by atoms with van der Waals surface area (Å²) in [7, 11) is 0. The fraction of sp³-hybridized carbons (Fsp3) is 0.0769. The smallest absolute Gasteiger partial charge is 0.311 e. The van der Waals surface area contributed by atoms with Gasteiger partial charge in [0.15, 0.2) is 5.75 Å². The Morgan fingerprint density at radius 1 is 1.40 bits per heavy atom. The van der Waals surface area contributed by atoms with Crippen LogP contribution in [0.4, 0.5) is 5.69 Å². The van der Waals surface area contributed by atoms with Crippen LogP contribution in [0.25, 0.3) is 11.1 Å². The van der Waals surface area contributed by atoms with Crippen molar-refractivity contribution in [2.75, 3.05) is 0 Å². The lowest BCUT2D eigenvalue weighted by atomic mass is 10.0. The summed E-state index contributed by atoms with van der Waals surface area (Å²) >= 11 is 0. The Hall–Kier alpha value is -3.14. The Bertz CT molecular complexity index is 802. The van der Waals surface area contributed by atoms with E-state index >= 15 is 0 Å². The largest absolute Gasteiger partial charge is 0.502 e. The van der Waals surface area contributed by atoms with Crippen molar-refractivity contribution in [1.29, 1.82) is 5.26 Å². The summed E-state index contributed by atoms with van der Waals surface area (Å²) in [6.07, 6.45) is 0. The van der Waals surface area contributed by atoms with Crippen LogP contribution >= 0.6 is 0 Å². The third kappa shape index (κ3) is 2.22. The van der Waals surface area contributed by atoms with Gasteiger partial charge < -0.3 is 10.1 Å². The number of nitro benzene ring substituents is 1. The van der Waals surface area contributed by atoms with Crippen LogP contribution in [0.5, 0.6) is 5.75 Å². The van der Waals surface area contributed by atoms with Crippen molar-refractivity contribution in [3.63, 3.8) is 0 Å². The second-order valence-electron chi connectivity index (χ2n) is 4.14. The summed E-state index contributed by atoms with van der Waals surface area (Å²) in [6, 6.07) is 7.03. The van der Waals surface area contributed by atoms with Crippen LogP contribution in [0.1, 0.15) is 11.3 Å². The highest BCUT2D eigenvalue weighted by molar-refractivity contribution is 5.73. The summed E-state index contributed by atoms with van der Waals surface area (Å²) in [5.74, 6) is -0.473. The van der Waals surface area contributed by atoms with Gasteiger partial charge in [-0.15, -0.1) is 0 Å². The lowest BCUT2D eigenvalue weighted by molar-refractivity contribution is -0.385. The molecule has 100 valence electrons. The van der Waals surface area contributed by atoms with Gasteiger partial charge in [0.2, 0.25) is 0 Å². The molecule has 20 heavy (non-hydrogen) atoms. The zero-order chi connectivity index (χ0) is 14.9. The van der Waals surface area contributed by atoms with Crippen LogP contribution in [-0.2, 0) is 0 Å². The molecule has 0 saturated heterocycles. The molecule has 0 atom stereocenters. The Kier molecular flexibility index (Phi) is 3.23. The number of aryl methyl sites for hydroxylation is 1. The highest BCUT2D eigenvalue weighted by Crippen LogP contribution is 2.32. The summed E-state index contributed by atoms with van der Waals surface area (Å²) in [4.78, 5) is 24.3. The quantitative estimate of drug-likeness (QED) is 0.637.